The molecule has 0 aliphatic carbocycles. The normalized spacial score (nSPS) is 6.50. The summed E-state index contributed by atoms with van der Waals surface area (Å²) >= 11 is 0. The fourth-order valence-corrected chi connectivity index (χ4v) is 0.587. The quantitative estimate of drug-likeness (QED) is 0.602. The van der Waals surface area contributed by atoms with Gasteiger partial charge in [-0.25, -0.2) is 0 Å². The van der Waals surface area contributed by atoms with E-state index < -0.39 is 0 Å². The molecule has 84 valence electrons. The van der Waals surface area contributed by atoms with Crippen molar-refractivity contribution in [2.45, 2.75) is 48.5 Å². The number of nitrogens with two attached hydrogens (primary N) is 1. The predicted molar refractivity (Wildman–Crippen MR) is 69.6 cm³/mol. The summed E-state index contributed by atoms with van der Waals surface area (Å²) in [6.07, 6.45) is 0. The van der Waals surface area contributed by atoms with Crippen LogP contribution in [0, 0.1) is 6.92 Å². The van der Waals surface area contributed by atoms with Crippen LogP contribution in [-0.2, 0) is 0 Å². The van der Waals surface area contributed by atoms with E-state index in [2.05, 4.69) is 0 Å². The van der Waals surface area contributed by atoms with E-state index in [1.807, 2.05) is 72.7 Å². The van der Waals surface area contributed by atoms with Crippen LogP contribution in [-0.4, -0.2) is 0 Å². The van der Waals surface area contributed by atoms with Gasteiger partial charge >= 0.3 is 0 Å². The molecule has 0 radical (unpaired) electrons. The Hall–Kier alpha value is -0.980. The average molecular weight is 197 g/mol. The van der Waals surface area contributed by atoms with Crippen LogP contribution in [0.4, 0.5) is 5.69 Å². The average Bonchev–Trinajstić information content (AvgIpc) is 2.31. The van der Waals surface area contributed by atoms with Gasteiger partial charge < -0.3 is 5.73 Å². The maximum absolute atomic E-state index is 5.52. The van der Waals surface area contributed by atoms with Gasteiger partial charge in [-0.3, -0.25) is 0 Å². The predicted octanol–water partition coefficient (Wildman–Crippen LogP) is 4.66. The van der Waals surface area contributed by atoms with E-state index in [1.165, 1.54) is 0 Å². The lowest BCUT2D eigenvalue weighted by Crippen LogP contribution is -1.85. The molecule has 1 rings (SSSR count). The minimum absolute atomic E-state index is 0.868. The first-order valence-corrected chi connectivity index (χ1v) is 5.62. The lowest BCUT2D eigenvalue weighted by atomic mass is 10.2. The van der Waals surface area contributed by atoms with Crippen LogP contribution in [0.2, 0.25) is 0 Å². The summed E-state index contributed by atoms with van der Waals surface area (Å²) in [5.74, 6) is 0. The Labute approximate surface area is 90.3 Å². The van der Waals surface area contributed by atoms with Crippen molar-refractivity contribution in [3.63, 3.8) is 0 Å². The highest BCUT2D eigenvalue weighted by atomic mass is 14.5. The minimum atomic E-state index is 0.868. The Bertz CT molecular complexity index is 161. The van der Waals surface area contributed by atoms with Crippen molar-refractivity contribution in [2.24, 2.45) is 0 Å². The lowest BCUT2D eigenvalue weighted by molar-refractivity contribution is 1.47. The summed E-state index contributed by atoms with van der Waals surface area (Å²) in [4.78, 5) is 0. The molecular weight excluding hydrogens is 170 g/mol. The Morgan fingerprint density at radius 2 is 1.14 bits per heavy atom. The number of para-hydroxylation sites is 1. The largest absolute Gasteiger partial charge is 0.399 e. The molecule has 0 amide bonds. The third kappa shape index (κ3) is 11.0. The molecule has 0 aliphatic rings. The zero-order valence-corrected chi connectivity index (χ0v) is 10.9. The zero-order chi connectivity index (χ0) is 12.0. The molecule has 0 fully saturated rings. The van der Waals surface area contributed by atoms with Gasteiger partial charge in [-0.1, -0.05) is 59.7 Å². The highest BCUT2D eigenvalue weighted by molar-refractivity contribution is 5.44. The molecule has 0 atom stereocenters. The van der Waals surface area contributed by atoms with Crippen molar-refractivity contribution in [1.82, 2.24) is 0 Å². The molecular formula is C13H27N. The Morgan fingerprint density at radius 3 is 1.36 bits per heavy atom. The van der Waals surface area contributed by atoms with Gasteiger partial charge in [0.2, 0.25) is 0 Å². The van der Waals surface area contributed by atoms with Crippen LogP contribution < -0.4 is 5.73 Å². The smallest absolute Gasteiger partial charge is 0.0343 e. The molecule has 0 spiro atoms. The standard InChI is InChI=1S/C7H9N.3C2H6/c1-6-4-2-3-5-7(6)8;3*1-2/h2-5H,8H2,1H3;3*1-2H3. The maximum atomic E-state index is 5.52. The number of hydrogen-bond acceptors (Lipinski definition) is 1. The first-order chi connectivity index (χ1) is 6.80. The van der Waals surface area contributed by atoms with Gasteiger partial charge in [-0.05, 0) is 18.6 Å². The highest BCUT2D eigenvalue weighted by Crippen LogP contribution is 2.06. The van der Waals surface area contributed by atoms with Crippen molar-refractivity contribution in [3.05, 3.63) is 29.8 Å². The second-order valence-corrected chi connectivity index (χ2v) is 1.86. The number of aryl methyl sites for hydroxylation is 1. The van der Waals surface area contributed by atoms with Crippen molar-refractivity contribution in [3.8, 4) is 0 Å². The molecule has 0 saturated heterocycles. The van der Waals surface area contributed by atoms with Crippen molar-refractivity contribution >= 4 is 5.69 Å². The molecule has 0 aliphatic heterocycles. The second-order valence-electron chi connectivity index (χ2n) is 1.86. The number of benzene rings is 1. The van der Waals surface area contributed by atoms with Crippen LogP contribution in [0.3, 0.4) is 0 Å². The molecule has 1 nitrogen and oxygen atoms in total. The number of rotatable bonds is 0. The summed E-state index contributed by atoms with van der Waals surface area (Å²) < 4.78 is 0. The van der Waals surface area contributed by atoms with E-state index >= 15 is 0 Å². The van der Waals surface area contributed by atoms with Crippen LogP contribution in [0.25, 0.3) is 0 Å². The van der Waals surface area contributed by atoms with E-state index in [4.69, 9.17) is 5.73 Å². The van der Waals surface area contributed by atoms with Crippen LogP contribution in [0.1, 0.15) is 47.1 Å². The summed E-state index contributed by atoms with van der Waals surface area (Å²) in [5, 5.41) is 0. The highest BCUT2D eigenvalue weighted by Gasteiger charge is 1.84. The van der Waals surface area contributed by atoms with Crippen molar-refractivity contribution < 1.29 is 0 Å². The van der Waals surface area contributed by atoms with E-state index in [9.17, 15) is 0 Å². The van der Waals surface area contributed by atoms with Crippen molar-refractivity contribution in [2.75, 3.05) is 5.73 Å². The van der Waals surface area contributed by atoms with Gasteiger partial charge in [0.05, 0.1) is 0 Å². The van der Waals surface area contributed by atoms with Crippen LogP contribution >= 0.6 is 0 Å². The molecule has 2 N–H and O–H groups in total. The van der Waals surface area contributed by atoms with E-state index in [-0.39, 0.29) is 0 Å². The first-order valence-electron chi connectivity index (χ1n) is 5.62. The number of anilines is 1. The molecule has 1 aromatic carbocycles. The number of hydrogen-bond donors (Lipinski definition) is 1. The van der Waals surface area contributed by atoms with Gasteiger partial charge in [0, 0.05) is 5.69 Å². The monoisotopic (exact) mass is 197 g/mol. The molecule has 0 heterocycles. The topological polar surface area (TPSA) is 26.0 Å². The molecule has 0 bridgehead atoms. The Balaban J connectivity index is -0.000000174. The SMILES string of the molecule is CC.CC.CC.Cc1ccccc1N. The molecule has 0 aromatic heterocycles. The zero-order valence-electron chi connectivity index (χ0n) is 10.9. The minimum Gasteiger partial charge on any atom is -0.399 e. The number of nitrogen functional groups attached to an aromatic ring is 1. The maximum Gasteiger partial charge on any atom is 0.0343 e. The molecule has 1 aromatic rings. The summed E-state index contributed by atoms with van der Waals surface area (Å²) in [6, 6.07) is 7.80. The third-order valence-electron chi connectivity index (χ3n) is 1.19. The molecule has 0 unspecified atom stereocenters. The molecule has 1 heteroatoms. The summed E-state index contributed by atoms with van der Waals surface area (Å²) in [6.45, 7) is 14.0. The first kappa shape index (κ1) is 18.7. The third-order valence-corrected chi connectivity index (χ3v) is 1.19. The van der Waals surface area contributed by atoms with Crippen LogP contribution in [0.5, 0.6) is 0 Å². The van der Waals surface area contributed by atoms with Crippen LogP contribution in [0.15, 0.2) is 24.3 Å². The fourth-order valence-electron chi connectivity index (χ4n) is 0.587. The van der Waals surface area contributed by atoms with Crippen molar-refractivity contribution in [1.29, 1.82) is 0 Å². The Kier molecular flexibility index (Phi) is 24.0. The fraction of sp³-hybridized carbons (Fsp3) is 0.538. The van der Waals surface area contributed by atoms with E-state index in [1.54, 1.807) is 0 Å². The van der Waals surface area contributed by atoms with Gasteiger partial charge in [0.15, 0.2) is 0 Å². The second kappa shape index (κ2) is 17.9. The molecule has 0 saturated carbocycles. The van der Waals surface area contributed by atoms with Gasteiger partial charge in [0.1, 0.15) is 0 Å². The van der Waals surface area contributed by atoms with Gasteiger partial charge in [-0.2, -0.15) is 0 Å². The Morgan fingerprint density at radius 1 is 0.786 bits per heavy atom. The van der Waals surface area contributed by atoms with E-state index in [0.29, 0.717) is 0 Å². The lowest BCUT2D eigenvalue weighted by Gasteiger charge is -1.93. The summed E-state index contributed by atoms with van der Waals surface area (Å²) in [5.41, 5.74) is 7.53. The summed E-state index contributed by atoms with van der Waals surface area (Å²) in [7, 11) is 0. The van der Waals surface area contributed by atoms with Gasteiger partial charge in [0.25, 0.3) is 0 Å². The van der Waals surface area contributed by atoms with Gasteiger partial charge in [-0.15, -0.1) is 0 Å². The molecule has 14 heavy (non-hydrogen) atoms. The van der Waals surface area contributed by atoms with E-state index in [0.717, 1.165) is 11.3 Å².